The molecule has 4 N–H and O–H groups in total. The molecule has 2 saturated heterocycles. The summed E-state index contributed by atoms with van der Waals surface area (Å²) in [5.74, 6) is 0. The standard InChI is InChI=1S/C34H50N6O2S2/c35-17-11-23-41-37-33-29-15-13-27(43-39-19-7-3-1-4-8-20-39)25-31(29)34(38-42-24-12-18-36)32-26-28(14-16-30(32)33)44-40-21-9-5-2-6-10-22-40/h13-16,25-26H,1-12,17-24,35-36H2. The minimum Gasteiger partial charge on any atom is -0.395 e. The van der Waals surface area contributed by atoms with Crippen LogP contribution in [0.2, 0.25) is 0 Å². The van der Waals surface area contributed by atoms with Crippen LogP contribution in [-0.4, -0.2) is 72.5 Å². The molecular formula is C34H50N6O2S2. The number of benzene rings is 2. The van der Waals surface area contributed by atoms with Crippen molar-refractivity contribution in [1.82, 2.24) is 8.61 Å². The van der Waals surface area contributed by atoms with Gasteiger partial charge in [0.05, 0.1) is 0 Å². The molecule has 3 aliphatic rings. The van der Waals surface area contributed by atoms with Crippen LogP contribution < -0.4 is 11.5 Å². The van der Waals surface area contributed by atoms with E-state index < -0.39 is 0 Å². The minimum atomic E-state index is 0.484. The quantitative estimate of drug-likeness (QED) is 0.127. The number of fused-ring (bicyclic) bond motifs is 2. The van der Waals surface area contributed by atoms with Gasteiger partial charge in [0.15, 0.2) is 0 Å². The normalized spacial score (nSPS) is 18.3. The lowest BCUT2D eigenvalue weighted by molar-refractivity contribution is 0.143. The van der Waals surface area contributed by atoms with Gasteiger partial charge in [0.2, 0.25) is 0 Å². The lowest BCUT2D eigenvalue weighted by Crippen LogP contribution is -2.24. The van der Waals surface area contributed by atoms with Crippen molar-refractivity contribution in [3.8, 4) is 0 Å². The Morgan fingerprint density at radius 2 is 0.932 bits per heavy atom. The van der Waals surface area contributed by atoms with E-state index in [0.717, 1.165) is 72.7 Å². The summed E-state index contributed by atoms with van der Waals surface area (Å²) in [7, 11) is 0. The fourth-order valence-corrected chi connectivity index (χ4v) is 7.96. The molecule has 10 heteroatoms. The Hall–Kier alpha value is -2.08. The molecule has 240 valence electrons. The fraction of sp³-hybridized carbons (Fsp3) is 0.588. The molecule has 0 bridgehead atoms. The molecule has 8 nitrogen and oxygen atoms in total. The van der Waals surface area contributed by atoms with Crippen LogP contribution in [0.15, 0.2) is 56.5 Å². The zero-order chi connectivity index (χ0) is 30.4. The van der Waals surface area contributed by atoms with E-state index in [1.54, 1.807) is 0 Å². The topological polar surface area (TPSA) is 102 Å². The molecule has 0 radical (unpaired) electrons. The Morgan fingerprint density at radius 3 is 1.34 bits per heavy atom. The molecule has 0 spiro atoms. The SMILES string of the molecule is NCCCON=C1c2ccc(SN3CCCCCCC3)cc2C(=NOCCCN)c2cc(SN3CCCCCCC3)ccc21. The summed E-state index contributed by atoms with van der Waals surface area (Å²) in [5, 5.41) is 9.48. The Kier molecular flexibility index (Phi) is 13.7. The summed E-state index contributed by atoms with van der Waals surface area (Å²) in [6.45, 7) is 6.58. The third kappa shape index (κ3) is 9.47. The van der Waals surface area contributed by atoms with Gasteiger partial charge >= 0.3 is 0 Å². The third-order valence-electron chi connectivity index (χ3n) is 8.29. The first-order valence-corrected chi connectivity index (χ1v) is 18.3. The summed E-state index contributed by atoms with van der Waals surface area (Å²) in [6, 6.07) is 13.3. The second-order valence-electron chi connectivity index (χ2n) is 11.8. The molecule has 2 aliphatic heterocycles. The van der Waals surface area contributed by atoms with E-state index >= 15 is 0 Å². The number of nitrogens with two attached hydrogens (primary N) is 2. The molecule has 44 heavy (non-hydrogen) atoms. The van der Waals surface area contributed by atoms with Gasteiger partial charge in [-0.05, 0) is 99.8 Å². The van der Waals surface area contributed by atoms with Gasteiger partial charge in [0.25, 0.3) is 0 Å². The molecule has 0 saturated carbocycles. The molecule has 2 fully saturated rings. The van der Waals surface area contributed by atoms with Crippen molar-refractivity contribution in [2.45, 2.75) is 86.8 Å². The van der Waals surface area contributed by atoms with Crippen LogP contribution in [0.1, 0.15) is 99.3 Å². The summed E-state index contributed by atoms with van der Waals surface area (Å²) in [4.78, 5) is 14.1. The van der Waals surface area contributed by atoms with Gasteiger partial charge in [0, 0.05) is 58.2 Å². The Morgan fingerprint density at radius 1 is 0.545 bits per heavy atom. The summed E-state index contributed by atoms with van der Waals surface area (Å²) in [6.07, 6.45) is 14.5. The monoisotopic (exact) mass is 638 g/mol. The smallest absolute Gasteiger partial charge is 0.118 e. The predicted octanol–water partition coefficient (Wildman–Crippen LogP) is 6.78. The number of nitrogens with zero attached hydrogens (tertiary/aromatic N) is 4. The van der Waals surface area contributed by atoms with Gasteiger partial charge in [-0.1, -0.05) is 61.0 Å². The molecule has 0 unspecified atom stereocenters. The molecule has 2 aromatic rings. The molecule has 0 aromatic heterocycles. The van der Waals surface area contributed by atoms with Crippen molar-refractivity contribution < 1.29 is 9.68 Å². The van der Waals surface area contributed by atoms with Crippen molar-refractivity contribution in [1.29, 1.82) is 0 Å². The lowest BCUT2D eigenvalue weighted by atomic mass is 9.83. The van der Waals surface area contributed by atoms with Crippen LogP contribution in [0.3, 0.4) is 0 Å². The van der Waals surface area contributed by atoms with Crippen LogP contribution in [0.25, 0.3) is 0 Å². The Bertz CT molecular complexity index is 1160. The first-order valence-electron chi connectivity index (χ1n) is 16.7. The second kappa shape index (κ2) is 18.2. The van der Waals surface area contributed by atoms with E-state index in [0.29, 0.717) is 26.3 Å². The Balaban J connectivity index is 1.51. The van der Waals surface area contributed by atoms with Crippen LogP contribution in [0, 0.1) is 0 Å². The zero-order valence-corrected chi connectivity index (χ0v) is 27.8. The summed E-state index contributed by atoms with van der Waals surface area (Å²) >= 11 is 3.71. The van der Waals surface area contributed by atoms with E-state index in [1.807, 2.05) is 23.9 Å². The molecule has 2 aromatic carbocycles. The zero-order valence-electron chi connectivity index (χ0n) is 26.2. The van der Waals surface area contributed by atoms with Crippen LogP contribution in [0.5, 0.6) is 0 Å². The van der Waals surface area contributed by atoms with Crippen molar-refractivity contribution in [3.63, 3.8) is 0 Å². The van der Waals surface area contributed by atoms with E-state index in [2.05, 4.69) is 45.0 Å². The van der Waals surface area contributed by atoms with E-state index in [4.69, 9.17) is 31.5 Å². The average molecular weight is 639 g/mol. The third-order valence-corrected chi connectivity index (χ3v) is 10.5. The number of hydrogen-bond acceptors (Lipinski definition) is 10. The first kappa shape index (κ1) is 33.3. The van der Waals surface area contributed by atoms with Crippen molar-refractivity contribution in [2.75, 3.05) is 52.5 Å². The predicted molar refractivity (Wildman–Crippen MR) is 184 cm³/mol. The number of hydrogen-bond donors (Lipinski definition) is 2. The average Bonchev–Trinajstić information content (AvgIpc) is 3.00. The highest BCUT2D eigenvalue weighted by molar-refractivity contribution is 7.97. The number of rotatable bonds is 12. The van der Waals surface area contributed by atoms with E-state index in [9.17, 15) is 0 Å². The van der Waals surface area contributed by atoms with Gasteiger partial charge in [-0.15, -0.1) is 0 Å². The van der Waals surface area contributed by atoms with Crippen LogP contribution in [0.4, 0.5) is 0 Å². The van der Waals surface area contributed by atoms with Gasteiger partial charge in [-0.25, -0.2) is 8.61 Å². The molecule has 5 rings (SSSR count). The van der Waals surface area contributed by atoms with E-state index in [1.165, 1.54) is 74.0 Å². The maximum atomic E-state index is 5.90. The highest BCUT2D eigenvalue weighted by Gasteiger charge is 2.30. The van der Waals surface area contributed by atoms with Crippen LogP contribution >= 0.6 is 23.9 Å². The van der Waals surface area contributed by atoms with Gasteiger partial charge < -0.3 is 21.1 Å². The van der Waals surface area contributed by atoms with Crippen molar-refractivity contribution >= 4 is 35.3 Å². The molecule has 1 aliphatic carbocycles. The fourth-order valence-electron chi connectivity index (χ4n) is 5.89. The van der Waals surface area contributed by atoms with Crippen molar-refractivity contribution in [2.24, 2.45) is 21.8 Å². The highest BCUT2D eigenvalue weighted by Crippen LogP contribution is 2.36. The summed E-state index contributed by atoms with van der Waals surface area (Å²) < 4.78 is 5.05. The van der Waals surface area contributed by atoms with Gasteiger partial charge in [-0.3, -0.25) is 0 Å². The maximum Gasteiger partial charge on any atom is 0.118 e. The maximum absolute atomic E-state index is 5.90. The van der Waals surface area contributed by atoms with Crippen molar-refractivity contribution in [3.05, 3.63) is 58.7 Å². The molecular weight excluding hydrogens is 589 g/mol. The van der Waals surface area contributed by atoms with E-state index in [-0.39, 0.29) is 0 Å². The van der Waals surface area contributed by atoms with Gasteiger partial charge in [0.1, 0.15) is 24.6 Å². The minimum absolute atomic E-state index is 0.484. The van der Waals surface area contributed by atoms with Gasteiger partial charge in [-0.2, -0.15) is 0 Å². The molecule has 0 atom stereocenters. The van der Waals surface area contributed by atoms with Crippen LogP contribution in [-0.2, 0) is 9.68 Å². The highest BCUT2D eigenvalue weighted by atomic mass is 32.2. The first-order chi connectivity index (χ1) is 21.8. The Labute approximate surface area is 272 Å². The molecule has 0 amide bonds. The molecule has 2 heterocycles. The second-order valence-corrected chi connectivity index (χ2v) is 14.2. The lowest BCUT2D eigenvalue weighted by Gasteiger charge is -2.27. The summed E-state index contributed by atoms with van der Waals surface area (Å²) in [5.41, 5.74) is 17.2. The number of oxime groups is 2. The largest absolute Gasteiger partial charge is 0.395 e.